The van der Waals surface area contributed by atoms with Crippen LogP contribution in [0.2, 0.25) is 5.02 Å². The van der Waals surface area contributed by atoms with Crippen LogP contribution in [0, 0.1) is 0 Å². The number of hydrogen-bond donors (Lipinski definition) is 0. The normalized spacial score (nSPS) is 17.8. The summed E-state index contributed by atoms with van der Waals surface area (Å²) in [6.07, 6.45) is 2.23. The number of thioether (sulfide) groups is 1. The van der Waals surface area contributed by atoms with Gasteiger partial charge in [0, 0.05) is 80.1 Å². The number of carbonyl (C=O) groups excluding carboxylic acids is 1. The molecule has 196 valence electrons. The van der Waals surface area contributed by atoms with Crippen molar-refractivity contribution in [3.05, 3.63) is 53.6 Å². The molecule has 0 aliphatic carbocycles. The lowest BCUT2D eigenvalue weighted by Gasteiger charge is -2.36. The van der Waals surface area contributed by atoms with E-state index in [4.69, 9.17) is 11.6 Å². The second-order valence-electron chi connectivity index (χ2n) is 9.17. The van der Waals surface area contributed by atoms with Gasteiger partial charge in [-0.15, -0.1) is 0 Å². The molecule has 2 aromatic carbocycles. The zero-order valence-electron chi connectivity index (χ0n) is 20.2. The highest BCUT2D eigenvalue weighted by atomic mass is 35.5. The van der Waals surface area contributed by atoms with Crippen LogP contribution in [0.15, 0.2) is 53.4 Å². The Kier molecular flexibility index (Phi) is 9.30. The van der Waals surface area contributed by atoms with Crippen molar-refractivity contribution >= 4 is 40.6 Å². The topological polar surface area (TPSA) is 30.0 Å². The smallest absolute Gasteiger partial charge is 0.370 e. The fraction of sp³-hybridized carbons (Fsp3) is 0.500. The number of carbonyl (C=O) groups is 1. The van der Waals surface area contributed by atoms with Crippen molar-refractivity contribution in [2.75, 3.05) is 68.7 Å². The first-order valence-corrected chi connectivity index (χ1v) is 13.6. The van der Waals surface area contributed by atoms with E-state index < -0.39 is 5.51 Å². The van der Waals surface area contributed by atoms with Crippen molar-refractivity contribution in [3.8, 4) is 0 Å². The van der Waals surface area contributed by atoms with E-state index in [2.05, 4.69) is 26.8 Å². The summed E-state index contributed by atoms with van der Waals surface area (Å²) in [6, 6.07) is 14.4. The van der Waals surface area contributed by atoms with Gasteiger partial charge in [-0.05, 0) is 79.7 Å². The van der Waals surface area contributed by atoms with Crippen molar-refractivity contribution in [3.63, 3.8) is 0 Å². The van der Waals surface area contributed by atoms with Crippen molar-refractivity contribution in [1.82, 2.24) is 9.80 Å². The van der Waals surface area contributed by atoms with E-state index in [1.54, 1.807) is 12.1 Å². The third-order valence-electron chi connectivity index (χ3n) is 6.71. The van der Waals surface area contributed by atoms with Crippen molar-refractivity contribution < 1.29 is 18.0 Å². The largest absolute Gasteiger partial charge is 0.446 e. The molecule has 0 N–H and O–H groups in total. The lowest BCUT2D eigenvalue weighted by molar-refractivity contribution is -0.131. The second kappa shape index (κ2) is 12.4. The molecule has 0 unspecified atom stereocenters. The minimum absolute atomic E-state index is 0.0999. The van der Waals surface area contributed by atoms with Gasteiger partial charge in [-0.25, -0.2) is 0 Å². The molecule has 0 aromatic heterocycles. The summed E-state index contributed by atoms with van der Waals surface area (Å²) in [5.74, 6) is 0.188. The first-order chi connectivity index (χ1) is 17.3. The van der Waals surface area contributed by atoms with E-state index in [1.807, 2.05) is 17.0 Å². The van der Waals surface area contributed by atoms with Gasteiger partial charge in [0.15, 0.2) is 0 Å². The minimum atomic E-state index is -4.28. The fourth-order valence-electron chi connectivity index (χ4n) is 4.78. The predicted octanol–water partition coefficient (Wildman–Crippen LogP) is 5.59. The molecule has 0 atom stereocenters. The molecule has 0 bridgehead atoms. The summed E-state index contributed by atoms with van der Waals surface area (Å²) in [7, 11) is 0. The fourth-order valence-corrected chi connectivity index (χ4v) is 5.44. The molecular weight excluding hydrogens is 509 g/mol. The Morgan fingerprint density at radius 1 is 0.806 bits per heavy atom. The van der Waals surface area contributed by atoms with Gasteiger partial charge in [-0.3, -0.25) is 9.69 Å². The zero-order valence-corrected chi connectivity index (χ0v) is 21.8. The molecule has 4 rings (SSSR count). The number of anilines is 2. The van der Waals surface area contributed by atoms with Crippen LogP contribution in [0.5, 0.6) is 0 Å². The van der Waals surface area contributed by atoms with Crippen molar-refractivity contribution in [1.29, 1.82) is 0 Å². The van der Waals surface area contributed by atoms with Gasteiger partial charge >= 0.3 is 5.51 Å². The zero-order chi connectivity index (χ0) is 25.5. The van der Waals surface area contributed by atoms with Crippen LogP contribution in [-0.2, 0) is 4.79 Å². The third-order valence-corrected chi connectivity index (χ3v) is 7.70. The molecule has 10 heteroatoms. The Morgan fingerprint density at radius 2 is 1.39 bits per heavy atom. The molecule has 0 radical (unpaired) electrons. The second-order valence-corrected chi connectivity index (χ2v) is 10.7. The molecule has 2 aliphatic heterocycles. The van der Waals surface area contributed by atoms with Gasteiger partial charge in [0.05, 0.1) is 0 Å². The number of halogens is 4. The summed E-state index contributed by atoms with van der Waals surface area (Å²) in [4.78, 5) is 21.9. The number of amides is 1. The first kappa shape index (κ1) is 26.9. The number of rotatable bonds is 7. The minimum Gasteiger partial charge on any atom is -0.370 e. The Hall–Kier alpha value is -2.10. The molecule has 5 nitrogen and oxygen atoms in total. The van der Waals surface area contributed by atoms with Gasteiger partial charge in [-0.1, -0.05) is 11.6 Å². The third kappa shape index (κ3) is 7.95. The van der Waals surface area contributed by atoms with E-state index in [9.17, 15) is 18.0 Å². The number of alkyl halides is 3. The average molecular weight is 541 g/mol. The highest BCUT2D eigenvalue weighted by Crippen LogP contribution is 2.37. The Balaban J connectivity index is 1.16. The number of nitrogens with zero attached hydrogens (tertiary/aromatic N) is 4. The maximum atomic E-state index is 12.8. The predicted molar refractivity (Wildman–Crippen MR) is 141 cm³/mol. The van der Waals surface area contributed by atoms with E-state index in [0.717, 1.165) is 69.4 Å². The van der Waals surface area contributed by atoms with E-state index in [0.29, 0.717) is 19.5 Å². The van der Waals surface area contributed by atoms with Crippen LogP contribution in [-0.4, -0.2) is 80.1 Å². The quantitative estimate of drug-likeness (QED) is 0.427. The van der Waals surface area contributed by atoms with Gasteiger partial charge in [0.2, 0.25) is 5.91 Å². The van der Waals surface area contributed by atoms with Crippen LogP contribution in [0.4, 0.5) is 24.5 Å². The van der Waals surface area contributed by atoms with Crippen molar-refractivity contribution in [2.24, 2.45) is 0 Å². The molecule has 2 saturated heterocycles. The van der Waals surface area contributed by atoms with Gasteiger partial charge in [0.1, 0.15) is 0 Å². The number of hydrogen-bond acceptors (Lipinski definition) is 5. The Morgan fingerprint density at radius 3 is 2.03 bits per heavy atom. The molecule has 0 saturated carbocycles. The molecule has 2 fully saturated rings. The Labute approximate surface area is 220 Å². The maximum absolute atomic E-state index is 12.8. The lowest BCUT2D eigenvalue weighted by Crippen LogP contribution is -2.46. The molecule has 1 amide bonds. The average Bonchev–Trinajstić information content (AvgIpc) is 3.11. The van der Waals surface area contributed by atoms with E-state index in [-0.39, 0.29) is 22.6 Å². The van der Waals surface area contributed by atoms with Crippen LogP contribution < -0.4 is 9.80 Å². The summed E-state index contributed by atoms with van der Waals surface area (Å²) in [5.41, 5.74) is -2.19. The van der Waals surface area contributed by atoms with Crippen LogP contribution in [0.1, 0.15) is 19.3 Å². The summed E-state index contributed by atoms with van der Waals surface area (Å²) >= 11 is 5.89. The molecular formula is C26H32ClF3N4OS. The van der Waals surface area contributed by atoms with Gasteiger partial charge in [0.25, 0.3) is 0 Å². The molecule has 2 heterocycles. The highest BCUT2D eigenvalue weighted by molar-refractivity contribution is 8.00. The highest BCUT2D eigenvalue weighted by Gasteiger charge is 2.29. The van der Waals surface area contributed by atoms with Crippen LogP contribution in [0.25, 0.3) is 0 Å². The van der Waals surface area contributed by atoms with Crippen molar-refractivity contribution in [2.45, 2.75) is 29.7 Å². The number of benzene rings is 2. The van der Waals surface area contributed by atoms with E-state index >= 15 is 0 Å². The monoisotopic (exact) mass is 540 g/mol. The summed E-state index contributed by atoms with van der Waals surface area (Å²) < 4.78 is 37.7. The van der Waals surface area contributed by atoms with Crippen LogP contribution >= 0.6 is 23.4 Å². The lowest BCUT2D eigenvalue weighted by atomic mass is 10.2. The first-order valence-electron chi connectivity index (χ1n) is 12.4. The van der Waals surface area contributed by atoms with Crippen LogP contribution in [0.3, 0.4) is 0 Å². The molecule has 2 aromatic rings. The summed E-state index contributed by atoms with van der Waals surface area (Å²) in [5, 5.41) is 0.747. The standard InChI is InChI=1S/C26H32ClF3N4OS/c27-21-4-6-22(7-5-21)33-17-15-31(16-18-33)12-1-3-25(35)34-14-2-13-32(19-20-34)23-8-10-24(11-9-23)36-26(28,29)30/h4-11H,1-3,12-20H2. The molecule has 36 heavy (non-hydrogen) atoms. The van der Waals surface area contributed by atoms with Gasteiger partial charge in [-0.2, -0.15) is 13.2 Å². The number of piperazine rings is 1. The summed E-state index contributed by atoms with van der Waals surface area (Å²) in [6.45, 7) is 7.64. The SMILES string of the molecule is O=C(CCCN1CCN(c2ccc(Cl)cc2)CC1)N1CCCN(c2ccc(SC(F)(F)F)cc2)CC1. The van der Waals surface area contributed by atoms with Gasteiger partial charge < -0.3 is 14.7 Å². The Bertz CT molecular complexity index is 982. The van der Waals surface area contributed by atoms with E-state index in [1.165, 1.54) is 17.8 Å². The molecule has 2 aliphatic rings. The maximum Gasteiger partial charge on any atom is 0.446 e. The molecule has 0 spiro atoms.